The molecule has 14 heavy (non-hydrogen) atoms. The first-order valence-electron chi connectivity index (χ1n) is 3.72. The summed E-state index contributed by atoms with van der Waals surface area (Å²) in [7, 11) is -1.77. The predicted molar refractivity (Wildman–Crippen MR) is 53.1 cm³/mol. The quantitative estimate of drug-likeness (QED) is 0.823. The van der Waals surface area contributed by atoms with Gasteiger partial charge in [-0.1, -0.05) is 11.6 Å². The first-order chi connectivity index (χ1) is 6.50. The van der Waals surface area contributed by atoms with E-state index < -0.39 is 23.0 Å². The third-order valence-corrected chi connectivity index (χ3v) is 3.15. The Bertz CT molecular complexity index is 359. The van der Waals surface area contributed by atoms with Gasteiger partial charge < -0.3 is 5.73 Å². The summed E-state index contributed by atoms with van der Waals surface area (Å²) in [5.41, 5.74) is 5.65. The Morgan fingerprint density at radius 3 is 2.64 bits per heavy atom. The molecule has 0 saturated carbocycles. The maximum Gasteiger partial charge on any atom is 0.250 e. The molecule has 0 fully saturated rings. The van der Waals surface area contributed by atoms with E-state index >= 15 is 0 Å². The van der Waals surface area contributed by atoms with Crippen LogP contribution in [-0.2, 0) is 10.8 Å². The number of nitrogen functional groups attached to an aromatic ring is 1. The summed E-state index contributed by atoms with van der Waals surface area (Å²) in [4.78, 5) is 0.203. The third-order valence-electron chi connectivity index (χ3n) is 1.49. The van der Waals surface area contributed by atoms with Gasteiger partial charge in [0.2, 0.25) is 6.43 Å². The summed E-state index contributed by atoms with van der Waals surface area (Å²) >= 11 is 5.60. The first kappa shape index (κ1) is 11.4. The largest absolute Gasteiger partial charge is 0.398 e. The second-order valence-electron chi connectivity index (χ2n) is 2.59. The van der Waals surface area contributed by atoms with Crippen LogP contribution in [0, 0.1) is 0 Å². The van der Waals surface area contributed by atoms with E-state index in [0.717, 1.165) is 0 Å². The molecule has 78 valence electrons. The predicted octanol–water partition coefficient (Wildman–Crippen LogP) is 2.29. The number of hydrogen-bond donors (Lipinski definition) is 1. The van der Waals surface area contributed by atoms with Crippen LogP contribution >= 0.6 is 11.6 Å². The van der Waals surface area contributed by atoms with Gasteiger partial charge in [0.25, 0.3) is 0 Å². The normalized spacial score (nSPS) is 13.1. The highest BCUT2D eigenvalue weighted by atomic mass is 35.5. The summed E-state index contributed by atoms with van der Waals surface area (Å²) in [5, 5.41) is 0.389. The molecular weight excluding hydrogens is 232 g/mol. The van der Waals surface area contributed by atoms with Gasteiger partial charge in [-0.05, 0) is 18.2 Å². The van der Waals surface area contributed by atoms with Gasteiger partial charge in [-0.2, -0.15) is 0 Å². The van der Waals surface area contributed by atoms with Crippen molar-refractivity contribution in [2.45, 2.75) is 11.3 Å². The number of alkyl halides is 2. The fourth-order valence-corrected chi connectivity index (χ4v) is 2.06. The van der Waals surface area contributed by atoms with E-state index in [9.17, 15) is 13.0 Å². The number of anilines is 1. The van der Waals surface area contributed by atoms with Crippen LogP contribution in [0.1, 0.15) is 0 Å². The van der Waals surface area contributed by atoms with Crippen molar-refractivity contribution >= 4 is 28.1 Å². The Balaban J connectivity index is 2.90. The first-order valence-corrected chi connectivity index (χ1v) is 5.42. The monoisotopic (exact) mass is 239 g/mol. The maximum absolute atomic E-state index is 11.9. The van der Waals surface area contributed by atoms with Crippen molar-refractivity contribution in [1.29, 1.82) is 0 Å². The molecule has 0 aliphatic carbocycles. The molecule has 1 atom stereocenters. The highest BCUT2D eigenvalue weighted by Crippen LogP contribution is 2.21. The topological polar surface area (TPSA) is 43.1 Å². The average molecular weight is 240 g/mol. The standard InChI is InChI=1S/C8H8ClF2NOS/c9-5-1-2-7(6(12)3-5)14(13)4-8(10)11/h1-3,8H,4,12H2. The summed E-state index contributed by atoms with van der Waals surface area (Å²) in [5.74, 6) is -0.703. The molecule has 2 N–H and O–H groups in total. The van der Waals surface area contributed by atoms with Crippen LogP contribution in [0.25, 0.3) is 0 Å². The van der Waals surface area contributed by atoms with Crippen molar-refractivity contribution in [3.05, 3.63) is 23.2 Å². The van der Waals surface area contributed by atoms with Gasteiger partial charge in [0.05, 0.1) is 21.4 Å². The molecule has 0 saturated heterocycles. The van der Waals surface area contributed by atoms with E-state index in [2.05, 4.69) is 0 Å². The minimum atomic E-state index is -2.61. The van der Waals surface area contributed by atoms with Crippen molar-refractivity contribution in [3.63, 3.8) is 0 Å². The van der Waals surface area contributed by atoms with E-state index in [-0.39, 0.29) is 10.6 Å². The zero-order valence-electron chi connectivity index (χ0n) is 7.04. The molecule has 0 amide bonds. The van der Waals surface area contributed by atoms with Gasteiger partial charge in [0.1, 0.15) is 0 Å². The zero-order valence-corrected chi connectivity index (χ0v) is 8.62. The van der Waals surface area contributed by atoms with Crippen molar-refractivity contribution in [2.24, 2.45) is 0 Å². The minimum Gasteiger partial charge on any atom is -0.398 e. The van der Waals surface area contributed by atoms with Gasteiger partial charge in [-0.25, -0.2) is 8.78 Å². The van der Waals surface area contributed by atoms with Crippen LogP contribution < -0.4 is 5.73 Å². The van der Waals surface area contributed by atoms with Crippen molar-refractivity contribution in [3.8, 4) is 0 Å². The van der Waals surface area contributed by atoms with Crippen LogP contribution in [0.2, 0.25) is 5.02 Å². The Morgan fingerprint density at radius 2 is 2.14 bits per heavy atom. The molecule has 1 rings (SSSR count). The van der Waals surface area contributed by atoms with Crippen LogP contribution in [0.3, 0.4) is 0 Å². The summed E-state index contributed by atoms with van der Waals surface area (Å²) in [6.07, 6.45) is -2.61. The Morgan fingerprint density at radius 1 is 1.50 bits per heavy atom. The second-order valence-corrected chi connectivity index (χ2v) is 4.49. The SMILES string of the molecule is Nc1cc(Cl)ccc1S(=O)CC(F)F. The zero-order chi connectivity index (χ0) is 10.7. The van der Waals surface area contributed by atoms with Crippen molar-refractivity contribution < 1.29 is 13.0 Å². The molecule has 0 heterocycles. The second kappa shape index (κ2) is 4.70. The van der Waals surface area contributed by atoms with Crippen LogP contribution in [-0.4, -0.2) is 16.4 Å². The summed E-state index contributed by atoms with van der Waals surface area (Å²) in [6, 6.07) is 4.26. The number of halogens is 3. The van der Waals surface area contributed by atoms with Gasteiger partial charge in [-0.15, -0.1) is 0 Å². The van der Waals surface area contributed by atoms with Gasteiger partial charge in [0, 0.05) is 10.7 Å². The van der Waals surface area contributed by atoms with Gasteiger partial charge in [0.15, 0.2) is 0 Å². The molecule has 0 aliphatic rings. The fraction of sp³-hybridized carbons (Fsp3) is 0.250. The molecule has 0 radical (unpaired) electrons. The molecule has 6 heteroatoms. The molecule has 1 aromatic carbocycles. The van der Waals surface area contributed by atoms with Crippen LogP contribution in [0.5, 0.6) is 0 Å². The number of rotatable bonds is 3. The summed E-state index contributed by atoms with van der Waals surface area (Å²) < 4.78 is 35.1. The lowest BCUT2D eigenvalue weighted by Crippen LogP contribution is -2.08. The molecule has 0 bridgehead atoms. The Labute approximate surface area is 87.5 Å². The fourth-order valence-electron chi connectivity index (χ4n) is 0.931. The van der Waals surface area contributed by atoms with E-state index in [4.69, 9.17) is 17.3 Å². The van der Waals surface area contributed by atoms with E-state index in [1.165, 1.54) is 18.2 Å². The number of hydrogen-bond acceptors (Lipinski definition) is 2. The van der Waals surface area contributed by atoms with E-state index in [1.54, 1.807) is 0 Å². The average Bonchev–Trinajstić information content (AvgIpc) is 2.01. The van der Waals surface area contributed by atoms with Crippen molar-refractivity contribution in [2.75, 3.05) is 11.5 Å². The lowest BCUT2D eigenvalue weighted by Gasteiger charge is -2.05. The highest BCUT2D eigenvalue weighted by molar-refractivity contribution is 7.85. The minimum absolute atomic E-state index is 0.177. The molecule has 0 spiro atoms. The molecule has 0 aromatic heterocycles. The molecule has 1 aromatic rings. The number of benzene rings is 1. The third kappa shape index (κ3) is 2.92. The highest BCUT2D eigenvalue weighted by Gasteiger charge is 2.13. The lowest BCUT2D eigenvalue weighted by molar-refractivity contribution is 0.175. The maximum atomic E-state index is 11.9. The Hall–Kier alpha value is -0.680. The molecule has 0 aliphatic heterocycles. The smallest absolute Gasteiger partial charge is 0.250 e. The van der Waals surface area contributed by atoms with Crippen LogP contribution in [0.15, 0.2) is 23.1 Å². The lowest BCUT2D eigenvalue weighted by atomic mass is 10.3. The van der Waals surface area contributed by atoms with Crippen molar-refractivity contribution in [1.82, 2.24) is 0 Å². The molecule has 1 unspecified atom stereocenters. The van der Waals surface area contributed by atoms with Gasteiger partial charge >= 0.3 is 0 Å². The molecular formula is C8H8ClF2NOS. The summed E-state index contributed by atoms with van der Waals surface area (Å²) in [6.45, 7) is 0. The van der Waals surface area contributed by atoms with E-state index in [0.29, 0.717) is 5.02 Å². The van der Waals surface area contributed by atoms with E-state index in [1.807, 2.05) is 0 Å². The number of nitrogens with two attached hydrogens (primary N) is 1. The molecule has 2 nitrogen and oxygen atoms in total. The van der Waals surface area contributed by atoms with Gasteiger partial charge in [-0.3, -0.25) is 4.21 Å². The Kier molecular flexibility index (Phi) is 3.83. The van der Waals surface area contributed by atoms with Crippen LogP contribution in [0.4, 0.5) is 14.5 Å².